The Hall–Kier alpha value is -1.96. The smallest absolute Gasteiger partial charge is 0.225 e. The number of carbonyl (C=O) groups is 1. The van der Waals surface area contributed by atoms with Crippen LogP contribution in [0.4, 0.5) is 10.1 Å². The number of hydrogen-bond donors (Lipinski definition) is 2. The normalized spacial score (nSPS) is 18.3. The molecular weight excluding hydrogens is 345 g/mol. The maximum Gasteiger partial charge on any atom is 0.225 e. The lowest BCUT2D eigenvalue weighted by Crippen LogP contribution is -2.47. The van der Waals surface area contributed by atoms with Crippen molar-refractivity contribution < 1.29 is 9.18 Å². The fourth-order valence-corrected chi connectivity index (χ4v) is 3.17. The Labute approximate surface area is 151 Å². The van der Waals surface area contributed by atoms with Crippen LogP contribution in [-0.2, 0) is 11.8 Å². The topological polar surface area (TPSA) is 62.2 Å². The van der Waals surface area contributed by atoms with Crippen molar-refractivity contribution in [2.24, 2.45) is 7.05 Å². The van der Waals surface area contributed by atoms with E-state index in [9.17, 15) is 9.18 Å². The van der Waals surface area contributed by atoms with Gasteiger partial charge in [0.1, 0.15) is 11.6 Å². The number of halogens is 2. The minimum absolute atomic E-state index is 0.119. The Kier molecular flexibility index (Phi) is 5.67. The third kappa shape index (κ3) is 4.36. The molecule has 1 amide bonds. The van der Waals surface area contributed by atoms with E-state index in [2.05, 4.69) is 20.5 Å². The molecule has 6 nitrogen and oxygen atoms in total. The van der Waals surface area contributed by atoms with Crippen molar-refractivity contribution in [2.75, 3.05) is 31.5 Å². The largest absolute Gasteiger partial charge is 0.337 e. The zero-order valence-electron chi connectivity index (χ0n) is 14.0. The summed E-state index contributed by atoms with van der Waals surface area (Å²) in [6.07, 6.45) is 3.97. The zero-order chi connectivity index (χ0) is 17.8. The van der Waals surface area contributed by atoms with Gasteiger partial charge in [0.05, 0.1) is 11.7 Å². The third-order valence-corrected chi connectivity index (χ3v) is 4.58. The predicted octanol–water partition coefficient (Wildman–Crippen LogP) is 2.19. The fraction of sp³-hybridized carbons (Fsp3) is 0.412. The number of benzene rings is 1. The number of anilines is 1. The molecule has 1 saturated heterocycles. The van der Waals surface area contributed by atoms with Crippen molar-refractivity contribution in [3.63, 3.8) is 0 Å². The summed E-state index contributed by atoms with van der Waals surface area (Å²) in [5.74, 6) is 0.212. The van der Waals surface area contributed by atoms with Gasteiger partial charge < -0.3 is 15.2 Å². The predicted molar refractivity (Wildman–Crippen MR) is 95.0 cm³/mol. The highest BCUT2D eigenvalue weighted by Crippen LogP contribution is 2.21. The van der Waals surface area contributed by atoms with Crippen LogP contribution in [-0.4, -0.2) is 46.5 Å². The molecule has 3 rings (SSSR count). The molecule has 1 aliphatic heterocycles. The molecule has 0 aliphatic carbocycles. The molecule has 0 spiro atoms. The van der Waals surface area contributed by atoms with E-state index in [0.29, 0.717) is 11.6 Å². The number of imidazole rings is 1. The van der Waals surface area contributed by atoms with Crippen LogP contribution in [0.25, 0.3) is 0 Å². The van der Waals surface area contributed by atoms with Crippen LogP contribution < -0.4 is 10.6 Å². The highest BCUT2D eigenvalue weighted by Gasteiger charge is 2.26. The summed E-state index contributed by atoms with van der Waals surface area (Å²) in [7, 11) is 1.96. The van der Waals surface area contributed by atoms with Gasteiger partial charge >= 0.3 is 0 Å². The summed E-state index contributed by atoms with van der Waals surface area (Å²) in [4.78, 5) is 18.8. The van der Waals surface area contributed by atoms with Crippen LogP contribution in [0.2, 0.25) is 5.02 Å². The maximum atomic E-state index is 13.8. The lowest BCUT2D eigenvalue weighted by molar-refractivity contribution is -0.116. The van der Waals surface area contributed by atoms with E-state index in [-0.39, 0.29) is 24.1 Å². The van der Waals surface area contributed by atoms with Crippen molar-refractivity contribution in [1.82, 2.24) is 19.8 Å². The molecule has 1 aromatic carbocycles. The molecule has 1 unspecified atom stereocenters. The second kappa shape index (κ2) is 7.95. The second-order valence-corrected chi connectivity index (χ2v) is 6.51. The van der Waals surface area contributed by atoms with Gasteiger partial charge in [-0.05, 0) is 18.2 Å². The number of rotatable bonds is 5. The summed E-state index contributed by atoms with van der Waals surface area (Å²) in [5.41, 5.74) is 0.148. The molecule has 0 radical (unpaired) electrons. The number of carbonyl (C=O) groups excluding carboxylic acids is 1. The number of aromatic nitrogens is 2. The lowest BCUT2D eigenvalue weighted by Gasteiger charge is -2.35. The summed E-state index contributed by atoms with van der Waals surface area (Å²) in [5, 5.41) is 6.27. The molecular formula is C17H21ClFN5O. The monoisotopic (exact) mass is 365 g/mol. The molecule has 2 heterocycles. The average molecular weight is 366 g/mol. The minimum Gasteiger partial charge on any atom is -0.337 e. The first-order valence-electron chi connectivity index (χ1n) is 8.21. The SMILES string of the molecule is Cn1ccnc1C1CNCCN1CCC(=O)Nc1ccc(Cl)cc1F. The Morgan fingerprint density at radius 2 is 2.36 bits per heavy atom. The van der Waals surface area contributed by atoms with Gasteiger partial charge in [0.2, 0.25) is 5.91 Å². The maximum absolute atomic E-state index is 13.8. The molecule has 1 aliphatic rings. The molecule has 1 fully saturated rings. The highest BCUT2D eigenvalue weighted by atomic mass is 35.5. The summed E-state index contributed by atoms with van der Waals surface area (Å²) >= 11 is 5.72. The highest BCUT2D eigenvalue weighted by molar-refractivity contribution is 6.30. The van der Waals surface area contributed by atoms with E-state index in [1.807, 2.05) is 17.8 Å². The number of nitrogens with one attached hydrogen (secondary N) is 2. The van der Waals surface area contributed by atoms with Gasteiger partial charge in [0.25, 0.3) is 0 Å². The van der Waals surface area contributed by atoms with Crippen molar-refractivity contribution in [1.29, 1.82) is 0 Å². The number of piperazine rings is 1. The summed E-state index contributed by atoms with van der Waals surface area (Å²) in [6, 6.07) is 4.32. The van der Waals surface area contributed by atoms with Gasteiger partial charge in [-0.2, -0.15) is 0 Å². The van der Waals surface area contributed by atoms with Crippen LogP contribution in [0.5, 0.6) is 0 Å². The van der Waals surface area contributed by atoms with Gasteiger partial charge in [-0.1, -0.05) is 11.6 Å². The van der Waals surface area contributed by atoms with E-state index in [1.54, 1.807) is 12.3 Å². The van der Waals surface area contributed by atoms with Crippen molar-refractivity contribution in [3.05, 3.63) is 47.3 Å². The molecule has 0 bridgehead atoms. The van der Waals surface area contributed by atoms with Crippen molar-refractivity contribution >= 4 is 23.2 Å². The molecule has 2 aromatic rings. The van der Waals surface area contributed by atoms with E-state index < -0.39 is 5.82 Å². The number of amides is 1. The molecule has 1 aromatic heterocycles. The van der Waals surface area contributed by atoms with Gasteiger partial charge in [-0.3, -0.25) is 9.69 Å². The van der Waals surface area contributed by atoms with Gasteiger partial charge in [-0.15, -0.1) is 0 Å². The van der Waals surface area contributed by atoms with Crippen molar-refractivity contribution in [2.45, 2.75) is 12.5 Å². The van der Waals surface area contributed by atoms with Crippen LogP contribution in [0, 0.1) is 5.82 Å². The summed E-state index contributed by atoms with van der Waals surface area (Å²) < 4.78 is 15.8. The summed E-state index contributed by atoms with van der Waals surface area (Å²) in [6.45, 7) is 3.08. The zero-order valence-corrected chi connectivity index (χ0v) is 14.8. The van der Waals surface area contributed by atoms with Crippen LogP contribution in [0.15, 0.2) is 30.6 Å². The number of aryl methyl sites for hydroxylation is 1. The van der Waals surface area contributed by atoms with Crippen LogP contribution in [0.1, 0.15) is 18.3 Å². The first-order valence-corrected chi connectivity index (χ1v) is 8.59. The van der Waals surface area contributed by atoms with Crippen molar-refractivity contribution in [3.8, 4) is 0 Å². The van der Waals surface area contributed by atoms with E-state index in [0.717, 1.165) is 25.5 Å². The van der Waals surface area contributed by atoms with E-state index in [4.69, 9.17) is 11.6 Å². The van der Waals surface area contributed by atoms with Gasteiger partial charge in [0, 0.05) is 57.1 Å². The standard InChI is InChI=1S/C17H21ClFN5O/c1-23-8-6-21-17(23)15-11-20-5-9-24(15)7-4-16(25)22-14-3-2-12(18)10-13(14)19/h2-3,6,8,10,15,20H,4-5,7,9,11H2,1H3,(H,22,25). The molecule has 0 saturated carbocycles. The lowest BCUT2D eigenvalue weighted by atomic mass is 10.1. The average Bonchev–Trinajstić information content (AvgIpc) is 3.02. The Balaban J connectivity index is 1.59. The Bertz CT molecular complexity index is 750. The minimum atomic E-state index is -0.533. The fourth-order valence-electron chi connectivity index (χ4n) is 3.02. The third-order valence-electron chi connectivity index (χ3n) is 4.34. The molecule has 134 valence electrons. The first kappa shape index (κ1) is 17.8. The quantitative estimate of drug-likeness (QED) is 0.852. The van der Waals surface area contributed by atoms with E-state index in [1.165, 1.54) is 12.1 Å². The van der Waals surface area contributed by atoms with E-state index >= 15 is 0 Å². The van der Waals surface area contributed by atoms with Gasteiger partial charge in [0.15, 0.2) is 0 Å². The number of nitrogens with zero attached hydrogens (tertiary/aromatic N) is 3. The Morgan fingerprint density at radius 3 is 3.08 bits per heavy atom. The van der Waals surface area contributed by atoms with Crippen LogP contribution in [0.3, 0.4) is 0 Å². The van der Waals surface area contributed by atoms with Gasteiger partial charge in [-0.25, -0.2) is 9.37 Å². The molecule has 2 N–H and O–H groups in total. The molecule has 8 heteroatoms. The number of hydrogen-bond acceptors (Lipinski definition) is 4. The second-order valence-electron chi connectivity index (χ2n) is 6.07. The van der Waals surface area contributed by atoms with Crippen LogP contribution >= 0.6 is 11.6 Å². The molecule has 25 heavy (non-hydrogen) atoms. The first-order chi connectivity index (χ1) is 12.0. The molecule has 1 atom stereocenters. The Morgan fingerprint density at radius 1 is 1.52 bits per heavy atom.